The van der Waals surface area contributed by atoms with E-state index in [0.29, 0.717) is 5.71 Å². The van der Waals surface area contributed by atoms with Gasteiger partial charge in [-0.2, -0.15) is 0 Å². The van der Waals surface area contributed by atoms with Gasteiger partial charge in [0.2, 0.25) is 0 Å². The molecule has 0 saturated heterocycles. The van der Waals surface area contributed by atoms with Gasteiger partial charge in [-0.15, -0.1) is 0 Å². The predicted octanol–water partition coefficient (Wildman–Crippen LogP) is 2.41. The highest BCUT2D eigenvalue weighted by Gasteiger charge is 2.19. The highest BCUT2D eigenvalue weighted by atomic mass is 16.4. The molecule has 0 fully saturated rings. The molecule has 2 aromatic rings. The fourth-order valence-corrected chi connectivity index (χ4v) is 2.35. The van der Waals surface area contributed by atoms with Gasteiger partial charge in [0, 0.05) is 23.5 Å². The second-order valence-electron chi connectivity index (χ2n) is 4.14. The summed E-state index contributed by atoms with van der Waals surface area (Å²) in [6, 6.07) is 9.98. The summed E-state index contributed by atoms with van der Waals surface area (Å²) in [5.74, 6) is 0. The van der Waals surface area contributed by atoms with Gasteiger partial charge in [-0.3, -0.25) is 4.98 Å². The Kier molecular flexibility index (Phi) is 2.37. The molecule has 1 aromatic heterocycles. The highest BCUT2D eigenvalue weighted by molar-refractivity contribution is 6.14. The molecule has 0 atom stereocenters. The van der Waals surface area contributed by atoms with E-state index in [1.165, 1.54) is 5.56 Å². The van der Waals surface area contributed by atoms with Gasteiger partial charge in [0.25, 0.3) is 0 Å². The molecule has 17 heavy (non-hydrogen) atoms. The van der Waals surface area contributed by atoms with E-state index in [4.69, 9.17) is 0 Å². The van der Waals surface area contributed by atoms with Crippen molar-refractivity contribution < 1.29 is 5.21 Å². The molecule has 0 unspecified atom stereocenters. The highest BCUT2D eigenvalue weighted by Crippen LogP contribution is 2.24. The second-order valence-corrected chi connectivity index (χ2v) is 4.14. The number of hydrogen-bond donors (Lipinski definition) is 1. The van der Waals surface area contributed by atoms with Crippen molar-refractivity contribution in [1.29, 1.82) is 0 Å². The van der Waals surface area contributed by atoms with Crippen LogP contribution < -0.4 is 0 Å². The Balaban J connectivity index is 2.27. The lowest BCUT2D eigenvalue weighted by atomic mass is 9.99. The number of rotatable bonds is 0. The smallest absolute Gasteiger partial charge is 0.117 e. The third-order valence-electron chi connectivity index (χ3n) is 3.19. The van der Waals surface area contributed by atoms with E-state index < -0.39 is 0 Å². The molecule has 3 rings (SSSR count). The van der Waals surface area contributed by atoms with Gasteiger partial charge >= 0.3 is 0 Å². The van der Waals surface area contributed by atoms with Gasteiger partial charge in [0.05, 0.1) is 0 Å². The summed E-state index contributed by atoms with van der Waals surface area (Å²) in [5.41, 5.74) is 5.00. The van der Waals surface area contributed by atoms with E-state index in [9.17, 15) is 5.21 Å². The summed E-state index contributed by atoms with van der Waals surface area (Å²) in [5, 5.41) is 12.8. The molecule has 0 bridgehead atoms. The van der Waals surface area contributed by atoms with E-state index in [1.807, 2.05) is 30.5 Å². The van der Waals surface area contributed by atoms with Gasteiger partial charge in [-0.05, 0) is 30.0 Å². The van der Waals surface area contributed by atoms with Crippen molar-refractivity contribution in [3.8, 4) is 0 Å². The Morgan fingerprint density at radius 2 is 1.76 bits per heavy atom. The molecule has 84 valence electrons. The average molecular weight is 224 g/mol. The Hall–Kier alpha value is -2.16. The quantitative estimate of drug-likeness (QED) is 0.551. The van der Waals surface area contributed by atoms with Crippen LogP contribution >= 0.6 is 0 Å². The summed E-state index contributed by atoms with van der Waals surface area (Å²) in [6.45, 7) is 0. The van der Waals surface area contributed by atoms with Crippen LogP contribution in [0.2, 0.25) is 0 Å². The molecule has 1 aromatic carbocycles. The number of aryl methyl sites for hydroxylation is 2. The van der Waals surface area contributed by atoms with E-state index in [1.54, 1.807) is 6.20 Å². The van der Waals surface area contributed by atoms with Crippen molar-refractivity contribution in [2.24, 2.45) is 5.16 Å². The zero-order valence-corrected chi connectivity index (χ0v) is 9.30. The third-order valence-corrected chi connectivity index (χ3v) is 3.19. The Labute approximate surface area is 99.4 Å². The van der Waals surface area contributed by atoms with Crippen molar-refractivity contribution in [3.63, 3.8) is 0 Å². The van der Waals surface area contributed by atoms with Crippen LogP contribution in [0.4, 0.5) is 0 Å². The van der Waals surface area contributed by atoms with Gasteiger partial charge < -0.3 is 5.21 Å². The van der Waals surface area contributed by atoms with Crippen LogP contribution in [0.25, 0.3) is 0 Å². The number of aromatic nitrogens is 1. The van der Waals surface area contributed by atoms with Crippen LogP contribution in [0, 0.1) is 0 Å². The topological polar surface area (TPSA) is 45.5 Å². The monoisotopic (exact) mass is 224 g/mol. The summed E-state index contributed by atoms with van der Waals surface area (Å²) in [7, 11) is 0. The number of benzene rings is 1. The number of nitrogens with zero attached hydrogens (tertiary/aromatic N) is 2. The molecule has 1 aliphatic rings. The Bertz CT molecular complexity index is 541. The zero-order chi connectivity index (χ0) is 11.7. The third kappa shape index (κ3) is 1.60. The maximum absolute atomic E-state index is 9.28. The van der Waals surface area contributed by atoms with Crippen molar-refractivity contribution in [2.75, 3.05) is 0 Å². The maximum atomic E-state index is 9.28. The average Bonchev–Trinajstić information content (AvgIpc) is 2.55. The first-order valence-corrected chi connectivity index (χ1v) is 5.64. The van der Waals surface area contributed by atoms with Gasteiger partial charge in [0.1, 0.15) is 5.71 Å². The molecule has 0 saturated carbocycles. The van der Waals surface area contributed by atoms with Crippen molar-refractivity contribution in [2.45, 2.75) is 12.8 Å². The summed E-state index contributed by atoms with van der Waals surface area (Å²) < 4.78 is 0. The fourth-order valence-electron chi connectivity index (χ4n) is 2.35. The van der Waals surface area contributed by atoms with Crippen molar-refractivity contribution in [1.82, 2.24) is 4.98 Å². The first-order chi connectivity index (χ1) is 8.40. The minimum absolute atomic E-state index is 0.649. The molecule has 3 heteroatoms. The Morgan fingerprint density at radius 1 is 1.00 bits per heavy atom. The van der Waals surface area contributed by atoms with E-state index >= 15 is 0 Å². The van der Waals surface area contributed by atoms with Crippen LogP contribution in [-0.2, 0) is 12.8 Å². The molecule has 1 N–H and O–H groups in total. The lowest BCUT2D eigenvalue weighted by Gasteiger charge is -2.07. The normalized spacial score (nSPS) is 16.1. The van der Waals surface area contributed by atoms with Crippen LogP contribution in [0.5, 0.6) is 0 Å². The molecule has 0 amide bonds. The molecule has 0 spiro atoms. The molecule has 1 aliphatic carbocycles. The van der Waals surface area contributed by atoms with Crippen molar-refractivity contribution >= 4 is 5.71 Å². The fraction of sp³-hybridized carbons (Fsp3) is 0.143. The summed E-state index contributed by atoms with van der Waals surface area (Å²) >= 11 is 0. The minimum Gasteiger partial charge on any atom is -0.410 e. The lowest BCUT2D eigenvalue weighted by molar-refractivity contribution is 0.319. The van der Waals surface area contributed by atoms with Crippen LogP contribution in [-0.4, -0.2) is 15.9 Å². The maximum Gasteiger partial charge on any atom is 0.117 e. The number of hydrogen-bond acceptors (Lipinski definition) is 3. The largest absolute Gasteiger partial charge is 0.410 e. The van der Waals surface area contributed by atoms with Crippen molar-refractivity contribution in [3.05, 3.63) is 65.0 Å². The van der Waals surface area contributed by atoms with Crippen LogP contribution in [0.3, 0.4) is 0 Å². The molecular weight excluding hydrogens is 212 g/mol. The number of oxime groups is 1. The van der Waals surface area contributed by atoms with Crippen LogP contribution in [0.1, 0.15) is 22.3 Å². The molecule has 0 aliphatic heterocycles. The van der Waals surface area contributed by atoms with E-state index in [2.05, 4.69) is 16.2 Å². The van der Waals surface area contributed by atoms with Gasteiger partial charge in [0.15, 0.2) is 0 Å². The number of pyridine rings is 1. The van der Waals surface area contributed by atoms with Gasteiger partial charge in [-0.1, -0.05) is 29.4 Å². The first-order valence-electron chi connectivity index (χ1n) is 5.64. The Morgan fingerprint density at radius 3 is 2.65 bits per heavy atom. The van der Waals surface area contributed by atoms with E-state index in [0.717, 1.165) is 29.5 Å². The zero-order valence-electron chi connectivity index (χ0n) is 9.30. The summed E-state index contributed by atoms with van der Waals surface area (Å²) in [4.78, 5) is 4.13. The molecular formula is C14H12N2O. The molecule has 1 heterocycles. The minimum atomic E-state index is 0.649. The standard InChI is InChI=1S/C14H12N2O/c17-16-14-12-4-2-1-3-10(12)5-6-11-9-15-8-7-13(11)14/h1-4,7-9,17H,5-6H2/b16-14+. The first kappa shape index (κ1) is 10.0. The predicted molar refractivity (Wildman–Crippen MR) is 65.5 cm³/mol. The number of fused-ring (bicyclic) bond motifs is 2. The summed E-state index contributed by atoms with van der Waals surface area (Å²) in [6.07, 6.45) is 5.47. The second kappa shape index (κ2) is 4.01. The molecule has 0 radical (unpaired) electrons. The van der Waals surface area contributed by atoms with E-state index in [-0.39, 0.29) is 0 Å². The van der Waals surface area contributed by atoms with Gasteiger partial charge in [-0.25, -0.2) is 0 Å². The SMILES string of the molecule is O/N=C1\c2ccccc2CCc2cnccc21. The van der Waals surface area contributed by atoms with Crippen LogP contribution in [0.15, 0.2) is 47.9 Å². The lowest BCUT2D eigenvalue weighted by Crippen LogP contribution is -2.06. The molecule has 3 nitrogen and oxygen atoms in total.